The maximum atomic E-state index is 12.0. The molecule has 0 bridgehead atoms. The monoisotopic (exact) mass is 326 g/mol. The molecular formula is C19H22N2O3. The zero-order valence-electron chi connectivity index (χ0n) is 14.0. The molecule has 0 aromatic heterocycles. The van der Waals surface area contributed by atoms with E-state index in [4.69, 9.17) is 9.47 Å². The van der Waals surface area contributed by atoms with Gasteiger partial charge >= 0.3 is 6.03 Å². The molecule has 0 aliphatic carbocycles. The molecule has 1 heterocycles. The first kappa shape index (κ1) is 16.2. The molecule has 1 aliphatic heterocycles. The van der Waals surface area contributed by atoms with E-state index in [1.807, 2.05) is 30.3 Å². The van der Waals surface area contributed by atoms with Gasteiger partial charge in [0.15, 0.2) is 11.5 Å². The summed E-state index contributed by atoms with van der Waals surface area (Å²) in [5.41, 5.74) is 3.12. The number of urea groups is 1. The van der Waals surface area contributed by atoms with Crippen molar-refractivity contribution in [2.75, 3.05) is 25.1 Å². The van der Waals surface area contributed by atoms with Crippen molar-refractivity contribution < 1.29 is 14.3 Å². The van der Waals surface area contributed by atoms with Gasteiger partial charge in [0.05, 0.1) is 7.11 Å². The van der Waals surface area contributed by atoms with Crippen molar-refractivity contribution in [2.24, 2.45) is 0 Å². The summed E-state index contributed by atoms with van der Waals surface area (Å²) in [7, 11) is 1.61. The molecule has 0 unspecified atom stereocenters. The molecule has 5 heteroatoms. The molecule has 0 saturated carbocycles. The van der Waals surface area contributed by atoms with Crippen LogP contribution in [0.5, 0.6) is 11.5 Å². The van der Waals surface area contributed by atoms with Crippen LogP contribution in [0.2, 0.25) is 0 Å². The lowest BCUT2D eigenvalue weighted by Gasteiger charge is -2.28. The summed E-state index contributed by atoms with van der Waals surface area (Å²) < 4.78 is 11.3. The van der Waals surface area contributed by atoms with Crippen molar-refractivity contribution in [3.63, 3.8) is 0 Å². The molecule has 2 aromatic carbocycles. The summed E-state index contributed by atoms with van der Waals surface area (Å²) in [5, 5.41) is 2.86. The number of hydrogen-bond acceptors (Lipinski definition) is 3. The number of methoxy groups -OCH3 is 1. The molecule has 1 aliphatic rings. The zero-order chi connectivity index (χ0) is 16.9. The van der Waals surface area contributed by atoms with Crippen LogP contribution in [0.15, 0.2) is 42.5 Å². The second kappa shape index (κ2) is 7.25. The quantitative estimate of drug-likeness (QED) is 0.915. The van der Waals surface area contributed by atoms with Crippen LogP contribution in [0.1, 0.15) is 17.5 Å². The lowest BCUT2D eigenvalue weighted by atomic mass is 10.2. The summed E-state index contributed by atoms with van der Waals surface area (Å²) >= 11 is 0. The van der Waals surface area contributed by atoms with Crippen molar-refractivity contribution in [1.82, 2.24) is 5.32 Å². The van der Waals surface area contributed by atoms with Crippen molar-refractivity contribution in [3.05, 3.63) is 53.6 Å². The van der Waals surface area contributed by atoms with Crippen molar-refractivity contribution in [1.29, 1.82) is 0 Å². The number of nitrogens with zero attached hydrogens (tertiary/aromatic N) is 1. The largest absolute Gasteiger partial charge is 0.493 e. The van der Waals surface area contributed by atoms with Crippen LogP contribution in [0.25, 0.3) is 0 Å². The van der Waals surface area contributed by atoms with Crippen LogP contribution < -0.4 is 19.7 Å². The minimum atomic E-state index is -0.0732. The summed E-state index contributed by atoms with van der Waals surface area (Å²) in [5.74, 6) is 1.29. The maximum absolute atomic E-state index is 12.0. The Morgan fingerprint density at radius 3 is 2.62 bits per heavy atom. The number of carbonyl (C=O) groups is 1. The highest BCUT2D eigenvalue weighted by Crippen LogP contribution is 2.33. The van der Waals surface area contributed by atoms with Gasteiger partial charge in [-0.15, -0.1) is 0 Å². The average Bonchev–Trinajstić information content (AvgIpc) is 2.61. The Balaban J connectivity index is 1.78. The molecule has 0 radical (unpaired) electrons. The first-order valence-corrected chi connectivity index (χ1v) is 8.09. The van der Waals surface area contributed by atoms with Gasteiger partial charge in [0.2, 0.25) is 0 Å². The second-order valence-electron chi connectivity index (χ2n) is 5.85. The van der Waals surface area contributed by atoms with E-state index < -0.39 is 0 Å². The van der Waals surface area contributed by atoms with Crippen molar-refractivity contribution >= 4 is 11.7 Å². The van der Waals surface area contributed by atoms with Gasteiger partial charge in [-0.2, -0.15) is 0 Å². The number of rotatable bonds is 5. The highest BCUT2D eigenvalue weighted by atomic mass is 16.5. The van der Waals surface area contributed by atoms with Gasteiger partial charge in [-0.3, -0.25) is 4.90 Å². The van der Waals surface area contributed by atoms with E-state index in [2.05, 4.69) is 24.4 Å². The van der Waals surface area contributed by atoms with Gasteiger partial charge in [0.25, 0.3) is 0 Å². The highest BCUT2D eigenvalue weighted by molar-refractivity contribution is 5.93. The molecular weight excluding hydrogens is 304 g/mol. The Hall–Kier alpha value is -2.69. The fourth-order valence-corrected chi connectivity index (χ4v) is 2.67. The van der Waals surface area contributed by atoms with Crippen LogP contribution in [0.4, 0.5) is 10.5 Å². The van der Waals surface area contributed by atoms with Crippen LogP contribution in [0, 0.1) is 6.92 Å². The molecule has 126 valence electrons. The highest BCUT2D eigenvalue weighted by Gasteiger charge is 2.20. The Bertz CT molecular complexity index is 713. The first-order chi connectivity index (χ1) is 11.7. The van der Waals surface area contributed by atoms with Gasteiger partial charge in [-0.1, -0.05) is 29.8 Å². The van der Waals surface area contributed by atoms with Crippen LogP contribution in [-0.4, -0.2) is 26.2 Å². The number of benzene rings is 2. The van der Waals surface area contributed by atoms with E-state index >= 15 is 0 Å². The predicted molar refractivity (Wildman–Crippen MR) is 93.9 cm³/mol. The predicted octanol–water partition coefficient (Wildman–Crippen LogP) is 3.50. The Morgan fingerprint density at radius 1 is 1.12 bits per heavy atom. The number of anilines is 1. The molecule has 3 rings (SSSR count). The minimum Gasteiger partial charge on any atom is -0.493 e. The normalized spacial score (nSPS) is 14.2. The lowest BCUT2D eigenvalue weighted by Crippen LogP contribution is -2.46. The van der Waals surface area contributed by atoms with E-state index in [1.54, 1.807) is 12.0 Å². The SMILES string of the molecule is COc1ccc(N2CCCNC2=O)cc1OCc1ccc(C)cc1. The lowest BCUT2D eigenvalue weighted by molar-refractivity contribution is 0.242. The molecule has 0 spiro atoms. The second-order valence-corrected chi connectivity index (χ2v) is 5.85. The molecule has 1 N–H and O–H groups in total. The van der Waals surface area contributed by atoms with Crippen molar-refractivity contribution in [2.45, 2.75) is 20.0 Å². The third kappa shape index (κ3) is 3.62. The molecule has 2 amide bonds. The van der Waals surface area contributed by atoms with E-state index in [9.17, 15) is 4.79 Å². The van der Waals surface area contributed by atoms with Gasteiger partial charge in [-0.25, -0.2) is 4.79 Å². The zero-order valence-corrected chi connectivity index (χ0v) is 14.0. The van der Waals surface area contributed by atoms with E-state index in [-0.39, 0.29) is 6.03 Å². The number of aryl methyl sites for hydroxylation is 1. The average molecular weight is 326 g/mol. The topological polar surface area (TPSA) is 50.8 Å². The molecule has 24 heavy (non-hydrogen) atoms. The Kier molecular flexibility index (Phi) is 4.89. The van der Waals surface area contributed by atoms with Gasteiger partial charge in [-0.05, 0) is 31.0 Å². The number of ether oxygens (including phenoxy) is 2. The Morgan fingerprint density at radius 2 is 1.92 bits per heavy atom. The minimum absolute atomic E-state index is 0.0732. The fraction of sp³-hybridized carbons (Fsp3) is 0.316. The van der Waals surface area contributed by atoms with Crippen LogP contribution in [0.3, 0.4) is 0 Å². The number of nitrogens with one attached hydrogen (secondary N) is 1. The summed E-state index contributed by atoms with van der Waals surface area (Å²) in [6.07, 6.45) is 0.928. The number of hydrogen-bond donors (Lipinski definition) is 1. The third-order valence-corrected chi connectivity index (χ3v) is 4.05. The number of amides is 2. The molecule has 0 atom stereocenters. The smallest absolute Gasteiger partial charge is 0.321 e. The van der Waals surface area contributed by atoms with Gasteiger partial charge in [0, 0.05) is 24.8 Å². The fourth-order valence-electron chi connectivity index (χ4n) is 2.67. The van der Waals surface area contributed by atoms with E-state index in [1.165, 1.54) is 5.56 Å². The van der Waals surface area contributed by atoms with E-state index in [0.717, 1.165) is 24.2 Å². The van der Waals surface area contributed by atoms with Crippen LogP contribution in [-0.2, 0) is 6.61 Å². The van der Waals surface area contributed by atoms with Gasteiger partial charge < -0.3 is 14.8 Å². The van der Waals surface area contributed by atoms with Gasteiger partial charge in [0.1, 0.15) is 6.61 Å². The van der Waals surface area contributed by atoms with Crippen molar-refractivity contribution in [3.8, 4) is 11.5 Å². The Labute approximate surface area is 142 Å². The summed E-state index contributed by atoms with van der Waals surface area (Å²) in [6.45, 7) is 3.94. The van der Waals surface area contributed by atoms with Crippen LogP contribution >= 0.6 is 0 Å². The summed E-state index contributed by atoms with van der Waals surface area (Å²) in [6, 6.07) is 13.7. The summed E-state index contributed by atoms with van der Waals surface area (Å²) in [4.78, 5) is 13.7. The van der Waals surface area contributed by atoms with E-state index in [0.29, 0.717) is 24.7 Å². The maximum Gasteiger partial charge on any atom is 0.321 e. The molecule has 2 aromatic rings. The number of carbonyl (C=O) groups excluding carboxylic acids is 1. The first-order valence-electron chi connectivity index (χ1n) is 8.09. The third-order valence-electron chi connectivity index (χ3n) is 4.05. The molecule has 1 saturated heterocycles. The standard InChI is InChI=1S/C19H22N2O3/c1-14-4-6-15(7-5-14)13-24-18-12-16(8-9-17(18)23-2)21-11-3-10-20-19(21)22/h4-9,12H,3,10-11,13H2,1-2H3,(H,20,22). The molecule has 5 nitrogen and oxygen atoms in total. The molecule has 1 fully saturated rings.